The van der Waals surface area contributed by atoms with Crippen LogP contribution in [0.1, 0.15) is 47.3 Å². The van der Waals surface area contributed by atoms with Gasteiger partial charge in [0, 0.05) is 4.88 Å². The number of hydrogen-bond donors (Lipinski definition) is 1. The highest BCUT2D eigenvalue weighted by Gasteiger charge is 2.25. The molecule has 1 aromatic rings. The van der Waals surface area contributed by atoms with Crippen molar-refractivity contribution >= 4 is 11.3 Å². The quantitative estimate of drug-likeness (QED) is 0.815. The molecule has 0 amide bonds. The van der Waals surface area contributed by atoms with Crippen LogP contribution in [0.3, 0.4) is 0 Å². The topological polar surface area (TPSA) is 38.9 Å². The molecule has 1 aromatic heterocycles. The zero-order chi connectivity index (χ0) is 10.1. The van der Waals surface area contributed by atoms with E-state index in [0.717, 1.165) is 10.7 Å². The van der Waals surface area contributed by atoms with Crippen molar-refractivity contribution in [1.29, 1.82) is 0 Å². The summed E-state index contributed by atoms with van der Waals surface area (Å²) in [6, 6.07) is 0.190. The van der Waals surface area contributed by atoms with Gasteiger partial charge in [0.05, 0.1) is 11.7 Å². The van der Waals surface area contributed by atoms with Crippen LogP contribution in [0.2, 0.25) is 0 Å². The predicted molar refractivity (Wildman–Crippen MR) is 60.5 cm³/mol. The predicted octanol–water partition coefficient (Wildman–Crippen LogP) is 2.95. The Balaban J connectivity index is 2.13. The number of hydrogen-bond acceptors (Lipinski definition) is 3. The molecule has 78 valence electrons. The van der Waals surface area contributed by atoms with Gasteiger partial charge in [-0.25, -0.2) is 4.98 Å². The van der Waals surface area contributed by atoms with Crippen LogP contribution in [0.15, 0.2) is 0 Å². The Morgan fingerprint density at radius 2 is 2.00 bits per heavy atom. The molecule has 1 heterocycles. The minimum absolute atomic E-state index is 0.190. The summed E-state index contributed by atoms with van der Waals surface area (Å²) in [7, 11) is 0. The Bertz CT molecular complexity index is 294. The van der Waals surface area contributed by atoms with Crippen molar-refractivity contribution < 1.29 is 0 Å². The number of aryl methyl sites for hydroxylation is 2. The first-order chi connectivity index (χ1) is 6.68. The molecule has 14 heavy (non-hydrogen) atoms. The third-order valence-corrected chi connectivity index (χ3v) is 4.41. The molecule has 1 saturated carbocycles. The number of thiazole rings is 1. The molecule has 0 bridgehead atoms. The molecule has 0 radical (unpaired) electrons. The highest BCUT2D eigenvalue weighted by molar-refractivity contribution is 7.11. The van der Waals surface area contributed by atoms with Gasteiger partial charge >= 0.3 is 0 Å². The molecule has 1 unspecified atom stereocenters. The standard InChI is InChI=1S/C11H18N2S/c1-7-8(2)14-11(13-7)10(12)9-5-3-4-6-9/h9-10H,3-6,12H2,1-2H3. The van der Waals surface area contributed by atoms with E-state index in [2.05, 4.69) is 18.8 Å². The van der Waals surface area contributed by atoms with E-state index in [0.29, 0.717) is 5.92 Å². The van der Waals surface area contributed by atoms with Gasteiger partial charge in [-0.2, -0.15) is 0 Å². The van der Waals surface area contributed by atoms with E-state index >= 15 is 0 Å². The van der Waals surface area contributed by atoms with E-state index in [1.807, 2.05) is 0 Å². The van der Waals surface area contributed by atoms with Crippen LogP contribution in [0, 0.1) is 19.8 Å². The summed E-state index contributed by atoms with van der Waals surface area (Å²) in [5.74, 6) is 0.681. The second-order valence-electron chi connectivity index (χ2n) is 4.26. The number of nitrogens with zero attached hydrogens (tertiary/aromatic N) is 1. The Morgan fingerprint density at radius 3 is 2.50 bits per heavy atom. The summed E-state index contributed by atoms with van der Waals surface area (Å²) in [6.07, 6.45) is 5.28. The summed E-state index contributed by atoms with van der Waals surface area (Å²) in [6.45, 7) is 4.19. The van der Waals surface area contributed by atoms with Gasteiger partial charge in [0.2, 0.25) is 0 Å². The zero-order valence-electron chi connectivity index (χ0n) is 8.92. The smallest absolute Gasteiger partial charge is 0.110 e. The van der Waals surface area contributed by atoms with Crippen LogP contribution >= 0.6 is 11.3 Å². The molecule has 1 atom stereocenters. The average molecular weight is 210 g/mol. The van der Waals surface area contributed by atoms with E-state index in [9.17, 15) is 0 Å². The lowest BCUT2D eigenvalue weighted by molar-refractivity contribution is 0.443. The summed E-state index contributed by atoms with van der Waals surface area (Å²) in [5, 5.41) is 1.15. The first kappa shape index (κ1) is 10.1. The number of rotatable bonds is 2. The Kier molecular flexibility index (Phi) is 2.88. The van der Waals surface area contributed by atoms with Gasteiger partial charge in [-0.1, -0.05) is 12.8 Å². The van der Waals surface area contributed by atoms with E-state index in [1.54, 1.807) is 11.3 Å². The van der Waals surface area contributed by atoms with Crippen molar-refractivity contribution in [2.24, 2.45) is 11.7 Å². The van der Waals surface area contributed by atoms with Crippen molar-refractivity contribution in [3.63, 3.8) is 0 Å². The van der Waals surface area contributed by atoms with Gasteiger partial charge in [-0.15, -0.1) is 11.3 Å². The third-order valence-electron chi connectivity index (χ3n) is 3.24. The molecule has 2 rings (SSSR count). The molecule has 0 aliphatic heterocycles. The van der Waals surface area contributed by atoms with E-state index < -0.39 is 0 Å². The molecule has 1 fully saturated rings. The Hall–Kier alpha value is -0.410. The highest BCUT2D eigenvalue weighted by Crippen LogP contribution is 2.35. The van der Waals surface area contributed by atoms with Crippen molar-refractivity contribution in [2.75, 3.05) is 0 Å². The molecule has 2 N–H and O–H groups in total. The molecular formula is C11H18N2S. The van der Waals surface area contributed by atoms with Crippen molar-refractivity contribution in [2.45, 2.75) is 45.6 Å². The Labute approximate surface area is 89.5 Å². The molecule has 1 aliphatic carbocycles. The largest absolute Gasteiger partial charge is 0.322 e. The molecule has 0 aromatic carbocycles. The summed E-state index contributed by atoms with van der Waals surface area (Å²) in [5.41, 5.74) is 7.38. The van der Waals surface area contributed by atoms with E-state index in [4.69, 9.17) is 5.73 Å². The highest BCUT2D eigenvalue weighted by atomic mass is 32.1. The maximum absolute atomic E-state index is 6.23. The molecule has 1 aliphatic rings. The van der Waals surface area contributed by atoms with Gasteiger partial charge in [0.25, 0.3) is 0 Å². The van der Waals surface area contributed by atoms with Crippen molar-refractivity contribution in [1.82, 2.24) is 4.98 Å². The van der Waals surface area contributed by atoms with Crippen molar-refractivity contribution in [3.05, 3.63) is 15.6 Å². The van der Waals surface area contributed by atoms with Gasteiger partial charge in [-0.05, 0) is 32.6 Å². The third kappa shape index (κ3) is 1.84. The van der Waals surface area contributed by atoms with Crippen LogP contribution < -0.4 is 5.73 Å². The molecule has 0 saturated heterocycles. The molecule has 0 spiro atoms. The zero-order valence-corrected chi connectivity index (χ0v) is 9.73. The van der Waals surface area contributed by atoms with E-state index in [-0.39, 0.29) is 6.04 Å². The van der Waals surface area contributed by atoms with Crippen molar-refractivity contribution in [3.8, 4) is 0 Å². The average Bonchev–Trinajstić information content (AvgIpc) is 2.76. The summed E-state index contributed by atoms with van der Waals surface area (Å²) >= 11 is 1.77. The Morgan fingerprint density at radius 1 is 1.36 bits per heavy atom. The minimum atomic E-state index is 0.190. The SMILES string of the molecule is Cc1nc(C(N)C2CCCC2)sc1C. The first-order valence-electron chi connectivity index (χ1n) is 5.38. The number of aromatic nitrogens is 1. The summed E-state index contributed by atoms with van der Waals surface area (Å²) < 4.78 is 0. The fourth-order valence-electron chi connectivity index (χ4n) is 2.16. The van der Waals surface area contributed by atoms with Crippen LogP contribution in [0.4, 0.5) is 0 Å². The molecule has 2 nitrogen and oxygen atoms in total. The van der Waals surface area contributed by atoms with Crippen LogP contribution in [-0.4, -0.2) is 4.98 Å². The summed E-state index contributed by atoms with van der Waals surface area (Å²) in [4.78, 5) is 5.86. The van der Waals surface area contributed by atoms with Gasteiger partial charge in [-0.3, -0.25) is 0 Å². The molecular weight excluding hydrogens is 192 g/mol. The maximum atomic E-state index is 6.23. The minimum Gasteiger partial charge on any atom is -0.322 e. The lowest BCUT2D eigenvalue weighted by Crippen LogP contribution is -2.18. The second kappa shape index (κ2) is 3.99. The fraction of sp³-hybridized carbons (Fsp3) is 0.727. The van der Waals surface area contributed by atoms with Crippen LogP contribution in [-0.2, 0) is 0 Å². The van der Waals surface area contributed by atoms with Gasteiger partial charge in [0.15, 0.2) is 0 Å². The molecule has 3 heteroatoms. The van der Waals surface area contributed by atoms with E-state index in [1.165, 1.54) is 30.6 Å². The monoisotopic (exact) mass is 210 g/mol. The normalized spacial score (nSPS) is 20.2. The van der Waals surface area contributed by atoms with Crippen LogP contribution in [0.25, 0.3) is 0 Å². The lowest BCUT2D eigenvalue weighted by atomic mass is 10.00. The van der Waals surface area contributed by atoms with Gasteiger partial charge < -0.3 is 5.73 Å². The first-order valence-corrected chi connectivity index (χ1v) is 6.19. The number of nitrogens with two attached hydrogens (primary N) is 1. The second-order valence-corrected chi connectivity index (χ2v) is 5.50. The van der Waals surface area contributed by atoms with Crippen LogP contribution in [0.5, 0.6) is 0 Å². The maximum Gasteiger partial charge on any atom is 0.110 e. The fourth-order valence-corrected chi connectivity index (χ4v) is 3.18. The lowest BCUT2D eigenvalue weighted by Gasteiger charge is -2.15. The van der Waals surface area contributed by atoms with Gasteiger partial charge in [0.1, 0.15) is 5.01 Å².